The predicted octanol–water partition coefficient (Wildman–Crippen LogP) is 14.3. The van der Waals surface area contributed by atoms with Crippen molar-refractivity contribution in [3.05, 3.63) is 247 Å². The third-order valence-corrected chi connectivity index (χ3v) is 12.4. The molecule has 12 rings (SSSR count). The normalized spacial score (nSPS) is 12.8. The highest BCUT2D eigenvalue weighted by molar-refractivity contribution is 5.89. The van der Waals surface area contributed by atoms with Gasteiger partial charge in [-0.25, -0.2) is 15.0 Å². The Labute approximate surface area is 360 Å². The molecule has 0 bridgehead atoms. The Kier molecular flexibility index (Phi) is 8.36. The van der Waals surface area contributed by atoms with E-state index in [2.05, 4.69) is 188 Å². The van der Waals surface area contributed by atoms with E-state index in [1.165, 1.54) is 33.4 Å². The Morgan fingerprint density at radius 2 is 0.645 bits per heavy atom. The number of hydrogen-bond donors (Lipinski definition) is 0. The smallest absolute Gasteiger partial charge is 0.164 e. The lowest BCUT2D eigenvalue weighted by atomic mass is 9.66. The van der Waals surface area contributed by atoms with E-state index in [9.17, 15) is 0 Å². The molecule has 0 N–H and O–H groups in total. The molecule has 0 atom stereocenters. The molecule has 1 spiro atoms. The van der Waals surface area contributed by atoms with Gasteiger partial charge in [0.15, 0.2) is 17.5 Å². The minimum Gasteiger partial charge on any atom is -0.457 e. The van der Waals surface area contributed by atoms with Crippen LogP contribution in [0.4, 0.5) is 0 Å². The average Bonchev–Trinajstić information content (AvgIpc) is 3.65. The Morgan fingerprint density at radius 3 is 1.26 bits per heavy atom. The second-order valence-corrected chi connectivity index (χ2v) is 15.9. The van der Waals surface area contributed by atoms with Crippen LogP contribution in [0.5, 0.6) is 11.5 Å². The van der Waals surface area contributed by atoms with E-state index in [4.69, 9.17) is 19.7 Å². The van der Waals surface area contributed by atoms with Crippen LogP contribution in [0.3, 0.4) is 0 Å². The van der Waals surface area contributed by atoms with Crippen LogP contribution in [0.15, 0.2) is 224 Å². The van der Waals surface area contributed by atoms with Crippen LogP contribution in [0, 0.1) is 0 Å². The summed E-state index contributed by atoms with van der Waals surface area (Å²) < 4.78 is 6.83. The second-order valence-electron chi connectivity index (χ2n) is 15.9. The van der Waals surface area contributed by atoms with Gasteiger partial charge in [-0.3, -0.25) is 0 Å². The topological polar surface area (TPSA) is 47.9 Å². The third kappa shape index (κ3) is 5.80. The Morgan fingerprint density at radius 1 is 0.258 bits per heavy atom. The first-order valence-electron chi connectivity index (χ1n) is 21.0. The molecule has 1 aliphatic heterocycles. The molecule has 4 nitrogen and oxygen atoms in total. The summed E-state index contributed by atoms with van der Waals surface area (Å²) in [6.45, 7) is 0. The molecule has 1 aliphatic carbocycles. The van der Waals surface area contributed by atoms with Gasteiger partial charge in [0.25, 0.3) is 0 Å². The highest BCUT2D eigenvalue weighted by atomic mass is 16.5. The van der Waals surface area contributed by atoms with Gasteiger partial charge in [-0.2, -0.15) is 0 Å². The fourth-order valence-electron chi connectivity index (χ4n) is 9.53. The Balaban J connectivity index is 0.925. The lowest BCUT2D eigenvalue weighted by molar-refractivity contribution is 0.436. The minimum atomic E-state index is -0.502. The van der Waals surface area contributed by atoms with Crippen molar-refractivity contribution in [1.82, 2.24) is 15.0 Å². The maximum atomic E-state index is 6.83. The molecule has 2 aliphatic rings. The molecule has 0 saturated carbocycles. The highest BCUT2D eigenvalue weighted by Gasteiger charge is 2.50. The Hall–Kier alpha value is -8.21. The van der Waals surface area contributed by atoms with Crippen molar-refractivity contribution < 1.29 is 4.74 Å². The fourth-order valence-corrected chi connectivity index (χ4v) is 9.53. The number of nitrogens with zero attached hydrogens (tertiary/aromatic N) is 3. The molecule has 10 aromatic rings. The first-order valence-corrected chi connectivity index (χ1v) is 21.0. The zero-order chi connectivity index (χ0) is 41.0. The standard InChI is InChI=1S/C58H37N3O/c1-3-14-38(15-4-1)39-26-28-40(29-27-39)41-30-32-43(33-31-41)56-59-55(42-16-5-2-6-17-42)60-57(61-56)46-19-13-18-44(36-46)45-34-35-52-54(37-45)62-53-25-12-11-24-51(53)58(52)49-22-9-7-20-47(49)48-21-8-10-23-50(48)58/h1-37H. The molecule has 290 valence electrons. The largest absolute Gasteiger partial charge is 0.457 e. The van der Waals surface area contributed by atoms with Gasteiger partial charge >= 0.3 is 0 Å². The van der Waals surface area contributed by atoms with E-state index in [1.54, 1.807) is 0 Å². The van der Waals surface area contributed by atoms with Crippen LogP contribution in [-0.2, 0) is 5.41 Å². The van der Waals surface area contributed by atoms with Crippen molar-refractivity contribution in [1.29, 1.82) is 0 Å². The molecule has 0 unspecified atom stereocenters. The van der Waals surface area contributed by atoms with Crippen LogP contribution in [0.1, 0.15) is 22.3 Å². The highest BCUT2D eigenvalue weighted by Crippen LogP contribution is 2.62. The molecule has 9 aromatic carbocycles. The lowest BCUT2D eigenvalue weighted by Crippen LogP contribution is -2.32. The second kappa shape index (κ2) is 14.5. The minimum absolute atomic E-state index is 0.502. The molecular formula is C58H37N3O. The summed E-state index contributed by atoms with van der Waals surface area (Å²) in [5, 5.41) is 0. The van der Waals surface area contributed by atoms with Gasteiger partial charge in [-0.05, 0) is 73.8 Å². The lowest BCUT2D eigenvalue weighted by Gasteiger charge is -2.39. The van der Waals surface area contributed by atoms with Gasteiger partial charge in [0.1, 0.15) is 11.5 Å². The van der Waals surface area contributed by atoms with Crippen molar-refractivity contribution in [3.63, 3.8) is 0 Å². The van der Waals surface area contributed by atoms with Crippen LogP contribution >= 0.6 is 0 Å². The summed E-state index contributed by atoms with van der Waals surface area (Å²) in [4.78, 5) is 15.2. The van der Waals surface area contributed by atoms with Crippen molar-refractivity contribution >= 4 is 0 Å². The molecule has 62 heavy (non-hydrogen) atoms. The van der Waals surface area contributed by atoms with Crippen molar-refractivity contribution in [3.8, 4) is 90.2 Å². The first kappa shape index (κ1) is 35.7. The van der Waals surface area contributed by atoms with Gasteiger partial charge < -0.3 is 4.74 Å². The number of rotatable bonds is 6. The van der Waals surface area contributed by atoms with E-state index < -0.39 is 5.41 Å². The average molecular weight is 792 g/mol. The number of hydrogen-bond acceptors (Lipinski definition) is 4. The predicted molar refractivity (Wildman–Crippen MR) is 250 cm³/mol. The van der Waals surface area contributed by atoms with Gasteiger partial charge in [0, 0.05) is 27.8 Å². The number of benzene rings is 9. The molecular weight excluding hydrogens is 755 g/mol. The SMILES string of the molecule is c1ccc(-c2ccc(-c3ccc(-c4nc(-c5ccccc5)nc(-c5cccc(-c6ccc7c(c6)Oc6ccccc6C76c7ccccc7-c7ccccc76)c5)n4)cc3)cc2)cc1. The maximum Gasteiger partial charge on any atom is 0.164 e. The van der Waals surface area contributed by atoms with E-state index in [-0.39, 0.29) is 0 Å². The fraction of sp³-hybridized carbons (Fsp3) is 0.0172. The molecule has 2 heterocycles. The summed E-state index contributed by atoms with van der Waals surface area (Å²) in [6.07, 6.45) is 0. The van der Waals surface area contributed by atoms with Crippen LogP contribution in [0.25, 0.3) is 78.7 Å². The molecule has 1 aromatic heterocycles. The van der Waals surface area contributed by atoms with Crippen molar-refractivity contribution in [2.24, 2.45) is 0 Å². The molecule has 0 radical (unpaired) electrons. The van der Waals surface area contributed by atoms with E-state index in [1.807, 2.05) is 36.4 Å². The van der Waals surface area contributed by atoms with Crippen LogP contribution in [0.2, 0.25) is 0 Å². The van der Waals surface area contributed by atoms with Crippen molar-refractivity contribution in [2.45, 2.75) is 5.41 Å². The Bertz CT molecular complexity index is 3260. The maximum absolute atomic E-state index is 6.83. The van der Waals surface area contributed by atoms with Crippen LogP contribution in [-0.4, -0.2) is 15.0 Å². The van der Waals surface area contributed by atoms with Crippen molar-refractivity contribution in [2.75, 3.05) is 0 Å². The van der Waals surface area contributed by atoms with E-state index in [0.29, 0.717) is 17.5 Å². The summed E-state index contributed by atoms with van der Waals surface area (Å²) in [6, 6.07) is 79.1. The number of fused-ring (bicyclic) bond motifs is 9. The monoisotopic (exact) mass is 791 g/mol. The van der Waals surface area contributed by atoms with Gasteiger partial charge in [0.05, 0.1) is 5.41 Å². The zero-order valence-corrected chi connectivity index (χ0v) is 33.6. The quantitative estimate of drug-likeness (QED) is 0.168. The molecule has 0 fully saturated rings. The summed E-state index contributed by atoms with van der Waals surface area (Å²) >= 11 is 0. The molecule has 4 heteroatoms. The third-order valence-electron chi connectivity index (χ3n) is 12.4. The van der Waals surface area contributed by atoms with E-state index in [0.717, 1.165) is 61.6 Å². The van der Waals surface area contributed by atoms with Gasteiger partial charge in [0.2, 0.25) is 0 Å². The summed E-state index contributed by atoms with van der Waals surface area (Å²) in [5.74, 6) is 3.57. The number of ether oxygens (including phenoxy) is 1. The van der Waals surface area contributed by atoms with Crippen LogP contribution < -0.4 is 4.74 Å². The summed E-state index contributed by atoms with van der Waals surface area (Å²) in [7, 11) is 0. The van der Waals surface area contributed by atoms with Gasteiger partial charge in [-0.15, -0.1) is 0 Å². The first-order chi connectivity index (χ1) is 30.7. The molecule has 0 saturated heterocycles. The van der Waals surface area contributed by atoms with Gasteiger partial charge in [-0.1, -0.05) is 206 Å². The number of para-hydroxylation sites is 1. The molecule has 0 amide bonds. The summed E-state index contributed by atoms with van der Waals surface area (Å²) in [5.41, 5.74) is 16.4. The zero-order valence-electron chi connectivity index (χ0n) is 33.6. The number of aromatic nitrogens is 3. The van der Waals surface area contributed by atoms with E-state index >= 15 is 0 Å².